The molecule has 0 radical (unpaired) electrons. The van der Waals surface area contributed by atoms with Crippen LogP contribution in [0.15, 0.2) is 164 Å². The molecular weight excluding hydrogens is 599 g/mol. The molecule has 10 aromatic rings. The van der Waals surface area contributed by atoms with Crippen molar-refractivity contribution in [3.63, 3.8) is 0 Å². The van der Waals surface area contributed by atoms with Gasteiger partial charge in [0.1, 0.15) is 11.5 Å². The number of rotatable bonds is 4. The Hall–Kier alpha value is -6.72. The van der Waals surface area contributed by atoms with Gasteiger partial charge in [-0.05, 0) is 81.6 Å². The third-order valence-electron chi connectivity index (χ3n) is 9.56. The van der Waals surface area contributed by atoms with E-state index in [0.29, 0.717) is 0 Å². The van der Waals surface area contributed by atoms with Gasteiger partial charge in [0.25, 0.3) is 0 Å². The molecule has 0 amide bonds. The van der Waals surface area contributed by atoms with Crippen LogP contribution >= 0.6 is 0 Å². The molecule has 228 valence electrons. The number of hydrogen-bond donors (Lipinski definition) is 0. The Kier molecular flexibility index (Phi) is 6.11. The second-order valence-corrected chi connectivity index (χ2v) is 12.3. The van der Waals surface area contributed by atoms with Crippen LogP contribution in [0.5, 0.6) is 0 Å². The summed E-state index contributed by atoms with van der Waals surface area (Å²) in [6.07, 6.45) is 5.50. The molecule has 5 aromatic heterocycles. The minimum Gasteiger partial charge on any atom is -0.278 e. The van der Waals surface area contributed by atoms with Gasteiger partial charge in [0.15, 0.2) is 0 Å². The molecule has 0 N–H and O–H groups in total. The van der Waals surface area contributed by atoms with Gasteiger partial charge in [-0.2, -0.15) is 0 Å². The zero-order valence-corrected chi connectivity index (χ0v) is 26.3. The highest BCUT2D eigenvalue weighted by Crippen LogP contribution is 2.39. The number of fused-ring (bicyclic) bond motifs is 7. The van der Waals surface area contributed by atoms with E-state index in [2.05, 4.69) is 130 Å². The molecule has 0 aliphatic carbocycles. The molecule has 49 heavy (non-hydrogen) atoms. The van der Waals surface area contributed by atoms with Crippen molar-refractivity contribution >= 4 is 54.5 Å². The minimum atomic E-state index is 0.858. The van der Waals surface area contributed by atoms with Crippen LogP contribution in [0.1, 0.15) is 0 Å². The van der Waals surface area contributed by atoms with Gasteiger partial charge in [0.05, 0.1) is 22.2 Å². The highest BCUT2D eigenvalue weighted by molar-refractivity contribution is 6.11. The first kappa shape index (κ1) is 27.4. The monoisotopic (exact) mass is 625 g/mol. The number of benzene rings is 5. The van der Waals surface area contributed by atoms with Crippen molar-refractivity contribution in [2.75, 3.05) is 0 Å². The molecule has 0 aliphatic rings. The van der Waals surface area contributed by atoms with Crippen LogP contribution in [-0.2, 0) is 0 Å². The smallest absolute Gasteiger partial charge is 0.146 e. The molecule has 0 bridgehead atoms. The summed E-state index contributed by atoms with van der Waals surface area (Å²) in [5.41, 5.74) is 10.6. The van der Waals surface area contributed by atoms with Gasteiger partial charge in [-0.15, -0.1) is 0 Å². The molecule has 0 atom stereocenters. The van der Waals surface area contributed by atoms with E-state index in [0.717, 1.165) is 60.8 Å². The van der Waals surface area contributed by atoms with Crippen LogP contribution in [0.25, 0.3) is 93.8 Å². The summed E-state index contributed by atoms with van der Waals surface area (Å²) in [7, 11) is 0. The van der Waals surface area contributed by atoms with Gasteiger partial charge < -0.3 is 0 Å². The van der Waals surface area contributed by atoms with E-state index in [1.54, 1.807) is 0 Å². The van der Waals surface area contributed by atoms with Gasteiger partial charge in [-0.3, -0.25) is 9.55 Å². The molecule has 0 aliphatic heterocycles. The maximum absolute atomic E-state index is 5.06. The van der Waals surface area contributed by atoms with E-state index in [9.17, 15) is 0 Å². The molecule has 5 nitrogen and oxygen atoms in total. The van der Waals surface area contributed by atoms with Gasteiger partial charge in [-0.1, -0.05) is 97.1 Å². The summed E-state index contributed by atoms with van der Waals surface area (Å²) < 4.78 is 2.14. The fourth-order valence-corrected chi connectivity index (χ4v) is 7.24. The van der Waals surface area contributed by atoms with Crippen LogP contribution < -0.4 is 0 Å². The maximum Gasteiger partial charge on any atom is 0.146 e. The quantitative estimate of drug-likeness (QED) is 0.183. The van der Waals surface area contributed by atoms with Crippen molar-refractivity contribution < 1.29 is 0 Å². The number of pyridine rings is 4. The first-order valence-electron chi connectivity index (χ1n) is 16.4. The first-order valence-corrected chi connectivity index (χ1v) is 16.4. The van der Waals surface area contributed by atoms with Crippen molar-refractivity contribution in [1.29, 1.82) is 0 Å². The van der Waals surface area contributed by atoms with E-state index in [-0.39, 0.29) is 0 Å². The van der Waals surface area contributed by atoms with Crippen LogP contribution in [0.3, 0.4) is 0 Å². The Labute approximate surface area is 281 Å². The molecule has 5 heteroatoms. The predicted octanol–water partition coefficient (Wildman–Crippen LogP) is 10.8. The topological polar surface area (TPSA) is 56.5 Å². The van der Waals surface area contributed by atoms with Gasteiger partial charge in [-0.25, -0.2) is 15.0 Å². The summed E-state index contributed by atoms with van der Waals surface area (Å²) in [6, 6.07) is 51.3. The number of aromatic nitrogens is 5. The van der Waals surface area contributed by atoms with Gasteiger partial charge in [0.2, 0.25) is 0 Å². The fourth-order valence-electron chi connectivity index (χ4n) is 7.24. The van der Waals surface area contributed by atoms with Crippen LogP contribution in [-0.4, -0.2) is 24.5 Å². The number of nitrogens with zero attached hydrogens (tertiary/aromatic N) is 5. The average Bonchev–Trinajstić information content (AvgIpc) is 3.51. The summed E-state index contributed by atoms with van der Waals surface area (Å²) in [5.74, 6) is 0.858. The van der Waals surface area contributed by atoms with Crippen LogP contribution in [0, 0.1) is 0 Å². The molecule has 5 aromatic carbocycles. The Morgan fingerprint density at radius 1 is 0.408 bits per heavy atom. The zero-order chi connectivity index (χ0) is 32.3. The molecule has 0 spiro atoms. The van der Waals surface area contributed by atoms with E-state index in [1.165, 1.54) is 33.0 Å². The van der Waals surface area contributed by atoms with Crippen molar-refractivity contribution in [2.24, 2.45) is 0 Å². The Morgan fingerprint density at radius 3 is 1.88 bits per heavy atom. The van der Waals surface area contributed by atoms with Crippen LogP contribution in [0.4, 0.5) is 0 Å². The Morgan fingerprint density at radius 2 is 1.06 bits per heavy atom. The molecule has 0 saturated heterocycles. The van der Waals surface area contributed by atoms with Gasteiger partial charge >= 0.3 is 0 Å². The molecule has 5 heterocycles. The van der Waals surface area contributed by atoms with E-state index >= 15 is 0 Å². The second-order valence-electron chi connectivity index (χ2n) is 12.3. The Balaban J connectivity index is 1.06. The Bertz CT molecular complexity index is 2870. The fraction of sp³-hybridized carbons (Fsp3) is 0. The third-order valence-corrected chi connectivity index (χ3v) is 9.56. The molecule has 0 unspecified atom stereocenters. The minimum absolute atomic E-state index is 0.858. The van der Waals surface area contributed by atoms with E-state index in [4.69, 9.17) is 9.97 Å². The van der Waals surface area contributed by atoms with E-state index in [1.807, 2.05) is 48.9 Å². The van der Waals surface area contributed by atoms with Crippen molar-refractivity contribution in [3.8, 4) is 39.3 Å². The highest BCUT2D eigenvalue weighted by atomic mass is 15.1. The molecule has 10 rings (SSSR count). The maximum atomic E-state index is 5.06. The highest BCUT2D eigenvalue weighted by Gasteiger charge is 2.16. The standard InChI is InChI=1S/C44H27N5/c1-2-9-36-34(32-19-23-40-38(27-32)37-10-6-26-47-44(37)49(40)41-11-3-4-24-45-41)21-20-33(35(36)8-1)28-12-14-29(15-13-28)39-22-18-31-17-16-30-7-5-25-46-42(30)43(31)48-39/h1-27H. The lowest BCUT2D eigenvalue weighted by Gasteiger charge is -2.13. The average molecular weight is 626 g/mol. The van der Waals surface area contributed by atoms with Crippen molar-refractivity contribution in [1.82, 2.24) is 24.5 Å². The summed E-state index contributed by atoms with van der Waals surface area (Å²) >= 11 is 0. The summed E-state index contributed by atoms with van der Waals surface area (Å²) in [5, 5.41) is 6.88. The lowest BCUT2D eigenvalue weighted by Crippen LogP contribution is -1.97. The van der Waals surface area contributed by atoms with Gasteiger partial charge in [0, 0.05) is 45.7 Å². The van der Waals surface area contributed by atoms with Crippen molar-refractivity contribution in [2.45, 2.75) is 0 Å². The summed E-state index contributed by atoms with van der Waals surface area (Å²) in [6.45, 7) is 0. The SMILES string of the molecule is c1ccc(-n2c3ccc(-c4ccc(-c5ccc(-c6ccc7ccc8cccnc8c7n6)cc5)c5ccccc45)cc3c3cccnc32)nc1. The molecule has 0 fully saturated rings. The van der Waals surface area contributed by atoms with Crippen molar-refractivity contribution in [3.05, 3.63) is 164 Å². The lowest BCUT2D eigenvalue weighted by atomic mass is 9.91. The first-order chi connectivity index (χ1) is 24.3. The lowest BCUT2D eigenvalue weighted by molar-refractivity contribution is 1.06. The zero-order valence-electron chi connectivity index (χ0n) is 26.3. The van der Waals surface area contributed by atoms with Crippen LogP contribution in [0.2, 0.25) is 0 Å². The van der Waals surface area contributed by atoms with E-state index < -0.39 is 0 Å². The largest absolute Gasteiger partial charge is 0.278 e. The molecule has 0 saturated carbocycles. The normalized spacial score (nSPS) is 11.7. The number of hydrogen-bond acceptors (Lipinski definition) is 4. The summed E-state index contributed by atoms with van der Waals surface area (Å²) in [4.78, 5) is 19.1. The second kappa shape index (κ2) is 10.9. The predicted molar refractivity (Wildman–Crippen MR) is 201 cm³/mol. The molecular formula is C44H27N5. The third kappa shape index (κ3) is 4.40.